The topological polar surface area (TPSA) is 101 Å². The predicted molar refractivity (Wildman–Crippen MR) is 128 cm³/mol. The van der Waals surface area contributed by atoms with E-state index in [1.54, 1.807) is 25.3 Å². The molecule has 2 heterocycles. The summed E-state index contributed by atoms with van der Waals surface area (Å²) in [4.78, 5) is 29.4. The molecule has 0 bridgehead atoms. The molecular formula is C24H21N3O4S2. The summed E-state index contributed by atoms with van der Waals surface area (Å²) in [5.41, 5.74) is 3.56. The smallest absolute Gasteiger partial charge is 0.341 e. The Balaban J connectivity index is 1.55. The van der Waals surface area contributed by atoms with Crippen molar-refractivity contribution < 1.29 is 19.1 Å². The van der Waals surface area contributed by atoms with Gasteiger partial charge in [-0.3, -0.25) is 4.79 Å². The van der Waals surface area contributed by atoms with E-state index in [4.69, 9.17) is 9.47 Å². The van der Waals surface area contributed by atoms with Gasteiger partial charge in [0.15, 0.2) is 0 Å². The zero-order chi connectivity index (χ0) is 23.4. The number of hydrogen-bond donors (Lipinski definition) is 1. The van der Waals surface area contributed by atoms with Crippen LogP contribution in [0.1, 0.15) is 46.1 Å². The summed E-state index contributed by atoms with van der Waals surface area (Å²) in [6.45, 7) is 3.45. The molecule has 1 aromatic carbocycles. The summed E-state index contributed by atoms with van der Waals surface area (Å²) in [6.07, 6.45) is 4.45. The Bertz CT molecular complexity index is 1270. The fourth-order valence-electron chi connectivity index (χ4n) is 3.59. The molecule has 0 radical (unpaired) electrons. The Morgan fingerprint density at radius 3 is 2.76 bits per heavy atom. The summed E-state index contributed by atoms with van der Waals surface area (Å²) in [7, 11) is 0. The van der Waals surface area contributed by atoms with Crippen LogP contribution in [0.3, 0.4) is 0 Å². The second-order valence-corrected chi connectivity index (χ2v) is 9.22. The number of nitriles is 1. The molecule has 33 heavy (non-hydrogen) atoms. The molecule has 4 rings (SSSR count). The van der Waals surface area contributed by atoms with Gasteiger partial charge in [-0.2, -0.15) is 5.26 Å². The highest BCUT2D eigenvalue weighted by molar-refractivity contribution is 7.16. The minimum atomic E-state index is -0.378. The van der Waals surface area contributed by atoms with Crippen LogP contribution < -0.4 is 10.1 Å². The molecule has 0 amide bonds. The Hall–Kier alpha value is -3.48. The zero-order valence-corrected chi connectivity index (χ0v) is 19.8. The minimum Gasteiger partial charge on any atom is -0.462 e. The van der Waals surface area contributed by atoms with Crippen LogP contribution >= 0.6 is 22.7 Å². The lowest BCUT2D eigenvalue weighted by molar-refractivity contribution is -0.131. The molecule has 7 nitrogen and oxygen atoms in total. The number of anilines is 1. The lowest BCUT2D eigenvalue weighted by Gasteiger charge is -2.06. The molecule has 9 heteroatoms. The number of carbonyl (C=O) groups is 2. The first-order valence-corrected chi connectivity index (χ1v) is 12.1. The van der Waals surface area contributed by atoms with Crippen molar-refractivity contribution >= 4 is 45.2 Å². The van der Waals surface area contributed by atoms with Crippen LogP contribution in [0.15, 0.2) is 35.8 Å². The standard InChI is InChI=1S/C24H21N3O4S2/c1-3-30-24(29)21-18-5-4-6-20(18)33-23(21)26-12-16(11-25)22-27-19(13-32-22)15-7-9-17(10-8-15)31-14(2)28/h7-10,12-13,26H,3-6H2,1-2H3/b16-12+. The Morgan fingerprint density at radius 2 is 2.06 bits per heavy atom. The second-order valence-electron chi connectivity index (χ2n) is 7.25. The molecule has 1 N–H and O–H groups in total. The van der Waals surface area contributed by atoms with Gasteiger partial charge in [0.05, 0.1) is 17.9 Å². The third kappa shape index (κ3) is 4.97. The molecule has 0 saturated carbocycles. The highest BCUT2D eigenvalue weighted by Gasteiger charge is 2.27. The van der Waals surface area contributed by atoms with Crippen LogP contribution in [0.2, 0.25) is 0 Å². The molecule has 3 aromatic rings. The van der Waals surface area contributed by atoms with Gasteiger partial charge in [0, 0.05) is 28.9 Å². The highest BCUT2D eigenvalue weighted by Crippen LogP contribution is 2.40. The quantitative estimate of drug-likeness (QED) is 0.273. The molecule has 2 aromatic heterocycles. The van der Waals surface area contributed by atoms with Crippen molar-refractivity contribution in [2.75, 3.05) is 11.9 Å². The van der Waals surface area contributed by atoms with Crippen molar-refractivity contribution in [1.82, 2.24) is 4.98 Å². The normalized spacial score (nSPS) is 12.7. The number of nitrogens with one attached hydrogen (secondary N) is 1. The van der Waals surface area contributed by atoms with Gasteiger partial charge in [-0.1, -0.05) is 0 Å². The molecule has 0 spiro atoms. The molecular weight excluding hydrogens is 458 g/mol. The first kappa shape index (κ1) is 22.7. The number of rotatable bonds is 7. The van der Waals surface area contributed by atoms with Gasteiger partial charge in [0.2, 0.25) is 0 Å². The number of esters is 2. The van der Waals surface area contributed by atoms with Crippen molar-refractivity contribution in [1.29, 1.82) is 5.26 Å². The largest absolute Gasteiger partial charge is 0.462 e. The SMILES string of the molecule is CCOC(=O)c1c(N/C=C(\C#N)c2nc(-c3ccc(OC(C)=O)cc3)cs2)sc2c1CCC2. The predicted octanol–water partition coefficient (Wildman–Crippen LogP) is 5.44. The molecule has 1 aliphatic rings. The number of aromatic nitrogens is 1. The van der Waals surface area contributed by atoms with Crippen LogP contribution in [0, 0.1) is 11.3 Å². The Kier molecular flexibility index (Phi) is 6.87. The Labute approximate surface area is 199 Å². The minimum absolute atomic E-state index is 0.311. The van der Waals surface area contributed by atoms with E-state index in [1.165, 1.54) is 34.5 Å². The first-order valence-electron chi connectivity index (χ1n) is 10.4. The van der Waals surface area contributed by atoms with Gasteiger partial charge in [-0.05, 0) is 56.0 Å². The number of benzene rings is 1. The number of hydrogen-bond acceptors (Lipinski definition) is 9. The van der Waals surface area contributed by atoms with E-state index >= 15 is 0 Å². The van der Waals surface area contributed by atoms with Gasteiger partial charge in [-0.25, -0.2) is 9.78 Å². The van der Waals surface area contributed by atoms with Gasteiger partial charge >= 0.3 is 11.9 Å². The summed E-state index contributed by atoms with van der Waals surface area (Å²) in [5.74, 6) is -0.249. The van der Waals surface area contributed by atoms with Crippen LogP contribution in [-0.2, 0) is 22.4 Å². The van der Waals surface area contributed by atoms with E-state index < -0.39 is 0 Å². The summed E-state index contributed by atoms with van der Waals surface area (Å²) < 4.78 is 10.3. The van der Waals surface area contributed by atoms with Crippen molar-refractivity contribution in [3.8, 4) is 23.1 Å². The highest BCUT2D eigenvalue weighted by atomic mass is 32.1. The second kappa shape index (κ2) is 9.98. The van der Waals surface area contributed by atoms with Gasteiger partial charge in [-0.15, -0.1) is 22.7 Å². The summed E-state index contributed by atoms with van der Waals surface area (Å²) in [5, 5.41) is 16.0. The maximum absolute atomic E-state index is 12.5. The number of thiazole rings is 1. The molecule has 0 fully saturated rings. The Morgan fingerprint density at radius 1 is 1.27 bits per heavy atom. The average molecular weight is 480 g/mol. The van der Waals surface area contributed by atoms with Crippen LogP contribution in [-0.4, -0.2) is 23.5 Å². The van der Waals surface area contributed by atoms with E-state index in [2.05, 4.69) is 16.4 Å². The lowest BCUT2D eigenvalue weighted by atomic mass is 10.1. The third-order valence-corrected chi connectivity index (χ3v) is 7.11. The van der Waals surface area contributed by atoms with Crippen molar-refractivity contribution in [2.24, 2.45) is 0 Å². The molecule has 0 saturated heterocycles. The van der Waals surface area contributed by atoms with Gasteiger partial charge in [0.1, 0.15) is 27.4 Å². The first-order chi connectivity index (χ1) is 16.0. The van der Waals surface area contributed by atoms with Crippen molar-refractivity contribution in [2.45, 2.75) is 33.1 Å². The van der Waals surface area contributed by atoms with Crippen LogP contribution in [0.25, 0.3) is 16.8 Å². The monoisotopic (exact) mass is 479 g/mol. The maximum Gasteiger partial charge on any atom is 0.341 e. The number of fused-ring (bicyclic) bond motifs is 1. The van der Waals surface area contributed by atoms with Crippen molar-refractivity contribution in [3.63, 3.8) is 0 Å². The molecule has 0 unspecified atom stereocenters. The molecule has 0 atom stereocenters. The lowest BCUT2D eigenvalue weighted by Crippen LogP contribution is -2.08. The number of nitrogens with zero attached hydrogens (tertiary/aromatic N) is 2. The fourth-order valence-corrected chi connectivity index (χ4v) is 5.64. The number of thiophene rings is 1. The van der Waals surface area contributed by atoms with E-state index in [0.29, 0.717) is 39.2 Å². The third-order valence-electron chi connectivity index (χ3n) is 5.02. The summed E-state index contributed by atoms with van der Waals surface area (Å²) >= 11 is 2.89. The van der Waals surface area contributed by atoms with E-state index in [0.717, 1.165) is 30.4 Å². The van der Waals surface area contributed by atoms with E-state index in [-0.39, 0.29) is 11.9 Å². The molecule has 0 aliphatic heterocycles. The van der Waals surface area contributed by atoms with E-state index in [9.17, 15) is 14.9 Å². The zero-order valence-electron chi connectivity index (χ0n) is 18.1. The van der Waals surface area contributed by atoms with Gasteiger partial charge < -0.3 is 14.8 Å². The average Bonchev–Trinajstić information content (AvgIpc) is 3.51. The van der Waals surface area contributed by atoms with Gasteiger partial charge in [0.25, 0.3) is 0 Å². The number of aryl methyl sites for hydroxylation is 1. The fraction of sp³-hybridized carbons (Fsp3) is 0.250. The van der Waals surface area contributed by atoms with Crippen LogP contribution in [0.4, 0.5) is 5.00 Å². The summed E-state index contributed by atoms with van der Waals surface area (Å²) in [6, 6.07) is 9.20. The number of allylic oxidation sites excluding steroid dienone is 1. The number of ether oxygens (including phenoxy) is 2. The van der Waals surface area contributed by atoms with E-state index in [1.807, 2.05) is 17.5 Å². The molecule has 168 valence electrons. The maximum atomic E-state index is 12.5. The molecule has 1 aliphatic carbocycles. The van der Waals surface area contributed by atoms with Crippen LogP contribution in [0.5, 0.6) is 5.75 Å². The van der Waals surface area contributed by atoms with Crippen molar-refractivity contribution in [3.05, 3.63) is 56.9 Å². The number of carbonyl (C=O) groups excluding carboxylic acids is 2.